The summed E-state index contributed by atoms with van der Waals surface area (Å²) in [6.07, 6.45) is 36.3. The Hall–Kier alpha value is -2.23. The molecule has 0 rings (SSSR count). The Labute approximate surface area is 344 Å². The SMILES string of the molecule is CCCCC/C=C/C/C=C/CCCCCCCC(=O)OCC(COC(=O)CCC(OCCCCCCCC)OCCCCCCCC)COC(=O)CCN(C)C. The van der Waals surface area contributed by atoms with Gasteiger partial charge in [0.15, 0.2) is 6.29 Å². The van der Waals surface area contributed by atoms with E-state index in [1.165, 1.54) is 77.0 Å². The van der Waals surface area contributed by atoms with E-state index in [0.29, 0.717) is 32.6 Å². The van der Waals surface area contributed by atoms with Crippen molar-refractivity contribution in [1.82, 2.24) is 4.90 Å². The number of carbonyl (C=O) groups excluding carboxylic acids is 3. The largest absolute Gasteiger partial charge is 0.465 e. The molecule has 0 amide bonds. The highest BCUT2D eigenvalue weighted by Crippen LogP contribution is 2.14. The molecule has 0 aliphatic carbocycles. The lowest BCUT2D eigenvalue weighted by Crippen LogP contribution is -2.27. The molecule has 0 heterocycles. The Morgan fingerprint density at radius 1 is 0.482 bits per heavy atom. The number of hydrogen-bond donors (Lipinski definition) is 0. The van der Waals surface area contributed by atoms with Crippen molar-refractivity contribution in [2.24, 2.45) is 5.92 Å². The summed E-state index contributed by atoms with van der Waals surface area (Å²) in [7, 11) is 3.79. The molecular formula is C47H87NO8. The normalized spacial score (nSPS) is 12.3. The molecular weight excluding hydrogens is 707 g/mol. The zero-order valence-corrected chi connectivity index (χ0v) is 37.0. The van der Waals surface area contributed by atoms with Gasteiger partial charge in [-0.1, -0.05) is 141 Å². The van der Waals surface area contributed by atoms with Crippen LogP contribution in [0.4, 0.5) is 0 Å². The predicted octanol–water partition coefficient (Wildman–Crippen LogP) is 11.9. The van der Waals surface area contributed by atoms with Gasteiger partial charge in [-0.3, -0.25) is 14.4 Å². The minimum Gasteiger partial charge on any atom is -0.465 e. The summed E-state index contributed by atoms with van der Waals surface area (Å²) in [6.45, 7) is 8.52. The number of allylic oxidation sites excluding steroid dienone is 4. The third kappa shape index (κ3) is 40.0. The van der Waals surface area contributed by atoms with Crippen LogP contribution >= 0.6 is 0 Å². The van der Waals surface area contributed by atoms with E-state index < -0.39 is 12.2 Å². The Kier molecular flexibility index (Phi) is 40.7. The fourth-order valence-electron chi connectivity index (χ4n) is 6.03. The molecule has 0 bridgehead atoms. The van der Waals surface area contributed by atoms with Crippen LogP contribution in [0.3, 0.4) is 0 Å². The van der Waals surface area contributed by atoms with Crippen LogP contribution in [0, 0.1) is 5.92 Å². The van der Waals surface area contributed by atoms with Crippen molar-refractivity contribution in [3.05, 3.63) is 24.3 Å². The molecule has 9 nitrogen and oxygen atoms in total. The number of esters is 3. The first-order valence-corrected chi connectivity index (χ1v) is 23.0. The van der Waals surface area contributed by atoms with Crippen molar-refractivity contribution in [2.75, 3.05) is 53.7 Å². The summed E-state index contributed by atoms with van der Waals surface area (Å²) >= 11 is 0. The van der Waals surface area contributed by atoms with Gasteiger partial charge in [-0.15, -0.1) is 0 Å². The van der Waals surface area contributed by atoms with E-state index in [1.807, 2.05) is 19.0 Å². The molecule has 0 saturated heterocycles. The van der Waals surface area contributed by atoms with Gasteiger partial charge in [0, 0.05) is 32.6 Å². The summed E-state index contributed by atoms with van der Waals surface area (Å²) in [6, 6.07) is 0. The molecule has 328 valence electrons. The maximum Gasteiger partial charge on any atom is 0.307 e. The fraction of sp³-hybridized carbons (Fsp3) is 0.851. The van der Waals surface area contributed by atoms with Crippen molar-refractivity contribution < 1.29 is 38.1 Å². The summed E-state index contributed by atoms with van der Waals surface area (Å²) in [5, 5.41) is 0. The van der Waals surface area contributed by atoms with Gasteiger partial charge < -0.3 is 28.6 Å². The highest BCUT2D eigenvalue weighted by atomic mass is 16.7. The van der Waals surface area contributed by atoms with E-state index in [2.05, 4.69) is 45.1 Å². The number of hydrogen-bond acceptors (Lipinski definition) is 9. The van der Waals surface area contributed by atoms with Crippen molar-refractivity contribution in [3.8, 4) is 0 Å². The summed E-state index contributed by atoms with van der Waals surface area (Å²) in [5.74, 6) is -1.43. The standard InChI is InChI=1S/C47H87NO8/c1-6-9-12-15-18-19-20-21-22-23-24-25-26-27-30-33-44(49)54-40-43(42-56-46(51)36-37-48(4)5)41-55-45(50)34-35-47(52-38-31-28-16-13-10-7-2)53-39-32-29-17-14-11-8-3/h18-19,21-22,43,47H,6-17,20,23-42H2,1-5H3/b19-18+,22-21+. The average Bonchev–Trinajstić information content (AvgIpc) is 3.19. The summed E-state index contributed by atoms with van der Waals surface area (Å²) in [5.41, 5.74) is 0. The van der Waals surface area contributed by atoms with E-state index in [1.54, 1.807) is 0 Å². The van der Waals surface area contributed by atoms with Gasteiger partial charge in [0.1, 0.15) is 19.8 Å². The number of rotatable bonds is 42. The topological polar surface area (TPSA) is 101 Å². The Morgan fingerprint density at radius 2 is 0.893 bits per heavy atom. The van der Waals surface area contributed by atoms with Crippen LogP contribution in [-0.2, 0) is 38.1 Å². The van der Waals surface area contributed by atoms with Gasteiger partial charge in [-0.05, 0) is 65.5 Å². The smallest absolute Gasteiger partial charge is 0.307 e. The Balaban J connectivity index is 4.68. The molecule has 0 aromatic heterocycles. The van der Waals surface area contributed by atoms with Crippen molar-refractivity contribution in [3.63, 3.8) is 0 Å². The van der Waals surface area contributed by atoms with Gasteiger partial charge >= 0.3 is 17.9 Å². The van der Waals surface area contributed by atoms with Gasteiger partial charge in [0.25, 0.3) is 0 Å². The second-order valence-electron chi connectivity index (χ2n) is 15.7. The van der Waals surface area contributed by atoms with Crippen LogP contribution in [-0.4, -0.2) is 82.8 Å². The van der Waals surface area contributed by atoms with Gasteiger partial charge in [0.2, 0.25) is 0 Å². The second-order valence-corrected chi connectivity index (χ2v) is 15.7. The van der Waals surface area contributed by atoms with Crippen LogP contribution in [0.25, 0.3) is 0 Å². The minimum absolute atomic E-state index is 0.00132. The predicted molar refractivity (Wildman–Crippen MR) is 231 cm³/mol. The third-order valence-corrected chi connectivity index (χ3v) is 9.72. The highest BCUT2D eigenvalue weighted by molar-refractivity contribution is 5.70. The van der Waals surface area contributed by atoms with Crippen LogP contribution in [0.15, 0.2) is 24.3 Å². The van der Waals surface area contributed by atoms with E-state index in [0.717, 1.165) is 70.6 Å². The molecule has 0 spiro atoms. The molecule has 0 N–H and O–H groups in total. The number of carbonyl (C=O) groups is 3. The maximum atomic E-state index is 12.9. The van der Waals surface area contributed by atoms with E-state index in [9.17, 15) is 14.4 Å². The first kappa shape index (κ1) is 53.8. The second kappa shape index (κ2) is 42.4. The molecule has 1 atom stereocenters. The monoisotopic (exact) mass is 794 g/mol. The molecule has 0 aliphatic heterocycles. The lowest BCUT2D eigenvalue weighted by molar-refractivity contribution is -0.162. The molecule has 1 unspecified atom stereocenters. The van der Waals surface area contributed by atoms with Crippen LogP contribution in [0.2, 0.25) is 0 Å². The van der Waals surface area contributed by atoms with Crippen LogP contribution in [0.1, 0.15) is 194 Å². The van der Waals surface area contributed by atoms with Crippen LogP contribution < -0.4 is 0 Å². The number of nitrogens with zero attached hydrogens (tertiary/aromatic N) is 1. The zero-order valence-electron chi connectivity index (χ0n) is 37.0. The van der Waals surface area contributed by atoms with E-state index in [-0.39, 0.29) is 50.6 Å². The molecule has 0 radical (unpaired) electrons. The molecule has 0 saturated carbocycles. The van der Waals surface area contributed by atoms with Gasteiger partial charge in [0.05, 0.1) is 18.8 Å². The number of unbranched alkanes of at least 4 members (excludes halogenated alkanes) is 18. The summed E-state index contributed by atoms with van der Waals surface area (Å²) < 4.78 is 28.8. The Morgan fingerprint density at radius 3 is 1.41 bits per heavy atom. The van der Waals surface area contributed by atoms with Gasteiger partial charge in [-0.2, -0.15) is 0 Å². The van der Waals surface area contributed by atoms with Gasteiger partial charge in [-0.25, -0.2) is 0 Å². The van der Waals surface area contributed by atoms with E-state index >= 15 is 0 Å². The number of ether oxygens (including phenoxy) is 5. The third-order valence-electron chi connectivity index (χ3n) is 9.72. The lowest BCUT2D eigenvalue weighted by atomic mass is 10.1. The highest BCUT2D eigenvalue weighted by Gasteiger charge is 2.19. The fourth-order valence-corrected chi connectivity index (χ4v) is 6.03. The molecule has 0 aromatic carbocycles. The van der Waals surface area contributed by atoms with Crippen LogP contribution in [0.5, 0.6) is 0 Å². The molecule has 9 heteroatoms. The average molecular weight is 794 g/mol. The molecule has 0 fully saturated rings. The molecule has 56 heavy (non-hydrogen) atoms. The van der Waals surface area contributed by atoms with Crippen molar-refractivity contribution in [2.45, 2.75) is 200 Å². The summed E-state index contributed by atoms with van der Waals surface area (Å²) in [4.78, 5) is 39.7. The zero-order chi connectivity index (χ0) is 41.2. The first-order valence-electron chi connectivity index (χ1n) is 23.0. The minimum atomic E-state index is -0.447. The first-order chi connectivity index (χ1) is 27.3. The van der Waals surface area contributed by atoms with Crippen molar-refractivity contribution in [1.29, 1.82) is 0 Å². The molecule has 0 aliphatic rings. The quantitative estimate of drug-likeness (QED) is 0.0196. The molecule has 0 aromatic rings. The maximum absolute atomic E-state index is 12.9. The lowest BCUT2D eigenvalue weighted by Gasteiger charge is -2.20. The Bertz CT molecular complexity index is 934. The van der Waals surface area contributed by atoms with E-state index in [4.69, 9.17) is 23.7 Å². The van der Waals surface area contributed by atoms with Crippen molar-refractivity contribution >= 4 is 17.9 Å².